The summed E-state index contributed by atoms with van der Waals surface area (Å²) in [5.74, 6) is 1.46. The molecule has 0 spiro atoms. The first-order chi connectivity index (χ1) is 8.79. The lowest BCUT2D eigenvalue weighted by Crippen LogP contribution is -2.18. The summed E-state index contributed by atoms with van der Waals surface area (Å²) < 4.78 is 10.5. The molecule has 1 aliphatic rings. The smallest absolute Gasteiger partial charge is 0.137 e. The molecule has 1 aromatic carbocycles. The fourth-order valence-electron chi connectivity index (χ4n) is 2.17. The van der Waals surface area contributed by atoms with Crippen LogP contribution >= 0.6 is 11.6 Å². The van der Waals surface area contributed by atoms with E-state index in [1.54, 1.807) is 7.11 Å². The largest absolute Gasteiger partial charge is 0.495 e. The summed E-state index contributed by atoms with van der Waals surface area (Å²) in [5.41, 5.74) is 1.18. The third-order valence-corrected chi connectivity index (χ3v) is 3.59. The highest BCUT2D eigenvalue weighted by Gasteiger charge is 2.14. The molecular weight excluding hydrogens is 250 g/mol. The molecule has 0 aromatic heterocycles. The Labute approximate surface area is 113 Å². The van der Waals surface area contributed by atoms with Crippen molar-refractivity contribution in [2.24, 2.45) is 5.92 Å². The molecule has 0 saturated carbocycles. The second kappa shape index (κ2) is 6.98. The number of halogens is 1. The lowest BCUT2D eigenvalue weighted by Gasteiger charge is -2.10. The van der Waals surface area contributed by atoms with E-state index < -0.39 is 0 Å². The summed E-state index contributed by atoms with van der Waals surface area (Å²) in [4.78, 5) is 0. The topological polar surface area (TPSA) is 30.5 Å². The fraction of sp³-hybridized carbons (Fsp3) is 0.571. The SMILES string of the molecule is COc1ccc(CNCCC2CCOC2)cc1Cl. The second-order valence-corrected chi connectivity index (χ2v) is 5.07. The van der Waals surface area contributed by atoms with Crippen LogP contribution in [0.2, 0.25) is 5.02 Å². The molecular formula is C14H20ClNO2. The van der Waals surface area contributed by atoms with E-state index >= 15 is 0 Å². The predicted molar refractivity (Wildman–Crippen MR) is 73.3 cm³/mol. The monoisotopic (exact) mass is 269 g/mol. The van der Waals surface area contributed by atoms with Crippen LogP contribution in [0.5, 0.6) is 5.75 Å². The van der Waals surface area contributed by atoms with Crippen molar-refractivity contribution in [3.63, 3.8) is 0 Å². The van der Waals surface area contributed by atoms with Gasteiger partial charge in [-0.25, -0.2) is 0 Å². The molecule has 1 aromatic rings. The third kappa shape index (κ3) is 3.87. The van der Waals surface area contributed by atoms with E-state index in [1.165, 1.54) is 18.4 Å². The van der Waals surface area contributed by atoms with Crippen LogP contribution in [-0.4, -0.2) is 26.9 Å². The van der Waals surface area contributed by atoms with Crippen molar-refractivity contribution in [3.8, 4) is 5.75 Å². The van der Waals surface area contributed by atoms with Gasteiger partial charge in [-0.15, -0.1) is 0 Å². The van der Waals surface area contributed by atoms with E-state index in [1.807, 2.05) is 18.2 Å². The predicted octanol–water partition coefficient (Wildman–Crippen LogP) is 2.86. The fourth-order valence-corrected chi connectivity index (χ4v) is 2.45. The summed E-state index contributed by atoms with van der Waals surface area (Å²) in [6.07, 6.45) is 2.39. The lowest BCUT2D eigenvalue weighted by atomic mass is 10.1. The van der Waals surface area contributed by atoms with Gasteiger partial charge in [-0.3, -0.25) is 0 Å². The molecule has 1 aliphatic heterocycles. The molecule has 0 radical (unpaired) electrons. The minimum atomic E-state index is 0.668. The minimum Gasteiger partial charge on any atom is -0.495 e. The molecule has 1 atom stereocenters. The van der Waals surface area contributed by atoms with Crippen LogP contribution < -0.4 is 10.1 Å². The Balaban J connectivity index is 1.71. The first kappa shape index (κ1) is 13.7. The van der Waals surface area contributed by atoms with Crippen LogP contribution in [0.1, 0.15) is 18.4 Å². The van der Waals surface area contributed by atoms with Crippen molar-refractivity contribution in [1.29, 1.82) is 0 Å². The van der Waals surface area contributed by atoms with Crippen molar-refractivity contribution in [2.45, 2.75) is 19.4 Å². The van der Waals surface area contributed by atoms with Crippen LogP contribution in [0.3, 0.4) is 0 Å². The summed E-state index contributed by atoms with van der Waals surface area (Å²) in [7, 11) is 1.63. The van der Waals surface area contributed by atoms with Crippen molar-refractivity contribution in [3.05, 3.63) is 28.8 Å². The molecule has 0 aliphatic carbocycles. The first-order valence-corrected chi connectivity index (χ1v) is 6.78. The van der Waals surface area contributed by atoms with Crippen molar-refractivity contribution in [1.82, 2.24) is 5.32 Å². The molecule has 1 fully saturated rings. The molecule has 0 bridgehead atoms. The highest BCUT2D eigenvalue weighted by molar-refractivity contribution is 6.32. The van der Waals surface area contributed by atoms with E-state index in [4.69, 9.17) is 21.1 Å². The van der Waals surface area contributed by atoms with Crippen LogP contribution in [-0.2, 0) is 11.3 Å². The Bertz CT molecular complexity index is 378. The first-order valence-electron chi connectivity index (χ1n) is 6.40. The van der Waals surface area contributed by atoms with Gasteiger partial charge in [0.1, 0.15) is 5.75 Å². The molecule has 2 rings (SSSR count). The van der Waals surface area contributed by atoms with Gasteiger partial charge in [-0.05, 0) is 43.0 Å². The molecule has 1 heterocycles. The summed E-state index contributed by atoms with van der Waals surface area (Å²) in [6, 6.07) is 5.90. The van der Waals surface area contributed by atoms with Crippen molar-refractivity contribution < 1.29 is 9.47 Å². The van der Waals surface area contributed by atoms with E-state index in [9.17, 15) is 0 Å². The Kier molecular flexibility index (Phi) is 5.29. The van der Waals surface area contributed by atoms with Gasteiger partial charge >= 0.3 is 0 Å². The highest BCUT2D eigenvalue weighted by atomic mass is 35.5. The summed E-state index contributed by atoms with van der Waals surface area (Å²) in [5, 5.41) is 4.11. The molecule has 3 nitrogen and oxygen atoms in total. The number of hydrogen-bond acceptors (Lipinski definition) is 3. The van der Waals surface area contributed by atoms with Gasteiger partial charge in [-0.1, -0.05) is 17.7 Å². The number of methoxy groups -OCH3 is 1. The Hall–Kier alpha value is -0.770. The molecule has 4 heteroatoms. The number of rotatable bonds is 6. The van der Waals surface area contributed by atoms with Crippen LogP contribution in [0, 0.1) is 5.92 Å². The number of ether oxygens (including phenoxy) is 2. The van der Waals surface area contributed by atoms with Gasteiger partial charge < -0.3 is 14.8 Å². The average molecular weight is 270 g/mol. The van der Waals surface area contributed by atoms with E-state index in [-0.39, 0.29) is 0 Å². The van der Waals surface area contributed by atoms with Crippen LogP contribution in [0.25, 0.3) is 0 Å². The molecule has 100 valence electrons. The van der Waals surface area contributed by atoms with Gasteiger partial charge in [0.15, 0.2) is 0 Å². The maximum absolute atomic E-state index is 6.08. The van der Waals surface area contributed by atoms with E-state index in [0.717, 1.165) is 38.0 Å². The quantitative estimate of drug-likeness (QED) is 0.806. The normalized spacial score (nSPS) is 19.1. The zero-order chi connectivity index (χ0) is 12.8. The van der Waals surface area contributed by atoms with Crippen molar-refractivity contribution in [2.75, 3.05) is 26.9 Å². The van der Waals surface area contributed by atoms with E-state index in [2.05, 4.69) is 5.32 Å². The average Bonchev–Trinajstić information content (AvgIpc) is 2.88. The van der Waals surface area contributed by atoms with Gasteiger partial charge in [0.2, 0.25) is 0 Å². The van der Waals surface area contributed by atoms with Gasteiger partial charge in [0.05, 0.1) is 12.1 Å². The molecule has 0 amide bonds. The number of nitrogens with one attached hydrogen (secondary N) is 1. The summed E-state index contributed by atoms with van der Waals surface area (Å²) in [6.45, 7) is 3.73. The zero-order valence-corrected chi connectivity index (χ0v) is 11.5. The van der Waals surface area contributed by atoms with Gasteiger partial charge in [-0.2, -0.15) is 0 Å². The highest BCUT2D eigenvalue weighted by Crippen LogP contribution is 2.24. The molecule has 18 heavy (non-hydrogen) atoms. The Morgan fingerprint density at radius 1 is 1.50 bits per heavy atom. The van der Waals surface area contributed by atoms with Crippen LogP contribution in [0.15, 0.2) is 18.2 Å². The second-order valence-electron chi connectivity index (χ2n) is 4.66. The van der Waals surface area contributed by atoms with E-state index in [0.29, 0.717) is 5.02 Å². The minimum absolute atomic E-state index is 0.668. The third-order valence-electron chi connectivity index (χ3n) is 3.30. The molecule has 1 saturated heterocycles. The van der Waals surface area contributed by atoms with Crippen molar-refractivity contribution >= 4 is 11.6 Å². The summed E-state index contributed by atoms with van der Waals surface area (Å²) >= 11 is 6.08. The maximum atomic E-state index is 6.08. The maximum Gasteiger partial charge on any atom is 0.137 e. The lowest BCUT2D eigenvalue weighted by molar-refractivity contribution is 0.184. The molecule has 1 unspecified atom stereocenters. The standard InChI is InChI=1S/C14H20ClNO2/c1-17-14-3-2-12(8-13(14)15)9-16-6-4-11-5-7-18-10-11/h2-3,8,11,16H,4-7,9-10H2,1H3. The van der Waals surface area contributed by atoms with Gasteiger partial charge in [0, 0.05) is 19.8 Å². The number of hydrogen-bond donors (Lipinski definition) is 1. The Morgan fingerprint density at radius 2 is 2.39 bits per heavy atom. The molecule has 1 N–H and O–H groups in total. The van der Waals surface area contributed by atoms with Gasteiger partial charge in [0.25, 0.3) is 0 Å². The Morgan fingerprint density at radius 3 is 3.06 bits per heavy atom. The zero-order valence-electron chi connectivity index (χ0n) is 10.7. The van der Waals surface area contributed by atoms with Crippen LogP contribution in [0.4, 0.5) is 0 Å². The number of benzene rings is 1.